The zero-order valence-electron chi connectivity index (χ0n) is 17.3. The molecule has 1 saturated heterocycles. The van der Waals surface area contributed by atoms with Crippen LogP contribution in [-0.2, 0) is 16.1 Å². The number of hydrogen-bond acceptors (Lipinski definition) is 5. The molecular formula is C24H17Cl2FN2O4. The first-order valence-electron chi connectivity index (χ1n) is 9.78. The van der Waals surface area contributed by atoms with Crippen LogP contribution in [0.5, 0.6) is 5.75 Å². The fraction of sp³-hybridized carbons (Fsp3) is 0.125. The summed E-state index contributed by atoms with van der Waals surface area (Å²) in [6.45, 7) is -0.0262. The number of carbonyl (C=O) groups is 2. The SMILES string of the molecule is COc1c(Cl)cc(Cl)cc1/C(O)=C1\C(=O)C(=O)N(Cc2cccnc2)C1c1ccccc1F. The van der Waals surface area contributed by atoms with Gasteiger partial charge in [-0.05, 0) is 29.8 Å². The van der Waals surface area contributed by atoms with E-state index in [4.69, 9.17) is 27.9 Å². The lowest BCUT2D eigenvalue weighted by molar-refractivity contribution is -0.140. The van der Waals surface area contributed by atoms with Crippen molar-refractivity contribution in [3.05, 3.63) is 99.1 Å². The van der Waals surface area contributed by atoms with Gasteiger partial charge in [-0.3, -0.25) is 14.6 Å². The predicted molar refractivity (Wildman–Crippen MR) is 121 cm³/mol. The summed E-state index contributed by atoms with van der Waals surface area (Å²) in [5.41, 5.74) is 0.389. The van der Waals surface area contributed by atoms with E-state index in [9.17, 15) is 19.1 Å². The number of aromatic nitrogens is 1. The van der Waals surface area contributed by atoms with Crippen LogP contribution in [0.4, 0.5) is 4.39 Å². The number of amides is 1. The molecule has 168 valence electrons. The summed E-state index contributed by atoms with van der Waals surface area (Å²) in [5.74, 6) is -3.01. The summed E-state index contributed by atoms with van der Waals surface area (Å²) >= 11 is 12.3. The van der Waals surface area contributed by atoms with Crippen molar-refractivity contribution >= 4 is 40.7 Å². The first-order chi connectivity index (χ1) is 15.8. The number of methoxy groups -OCH3 is 1. The summed E-state index contributed by atoms with van der Waals surface area (Å²) in [5, 5.41) is 11.5. The quantitative estimate of drug-likeness (QED) is 0.306. The molecule has 1 aromatic heterocycles. The summed E-state index contributed by atoms with van der Waals surface area (Å²) in [6.07, 6.45) is 3.11. The van der Waals surface area contributed by atoms with Gasteiger partial charge in [0.2, 0.25) is 0 Å². The zero-order chi connectivity index (χ0) is 23.7. The number of halogens is 3. The van der Waals surface area contributed by atoms with Crippen molar-refractivity contribution in [3.63, 3.8) is 0 Å². The van der Waals surface area contributed by atoms with E-state index in [0.717, 1.165) is 0 Å². The van der Waals surface area contributed by atoms with Gasteiger partial charge in [-0.25, -0.2) is 4.39 Å². The number of carbonyl (C=O) groups excluding carboxylic acids is 2. The monoisotopic (exact) mass is 486 g/mol. The number of likely N-dealkylation sites (tertiary alicyclic amines) is 1. The maximum Gasteiger partial charge on any atom is 0.295 e. The van der Waals surface area contributed by atoms with Crippen molar-refractivity contribution in [1.82, 2.24) is 9.88 Å². The second-order valence-corrected chi connectivity index (χ2v) is 8.12. The summed E-state index contributed by atoms with van der Waals surface area (Å²) < 4.78 is 20.2. The van der Waals surface area contributed by atoms with E-state index in [0.29, 0.717) is 5.56 Å². The molecule has 3 aromatic rings. The molecule has 1 aliphatic heterocycles. The molecule has 33 heavy (non-hydrogen) atoms. The number of pyridine rings is 1. The van der Waals surface area contributed by atoms with Crippen LogP contribution in [0.2, 0.25) is 10.0 Å². The number of benzene rings is 2. The lowest BCUT2D eigenvalue weighted by Gasteiger charge is -2.25. The van der Waals surface area contributed by atoms with E-state index in [1.54, 1.807) is 24.4 Å². The Kier molecular flexibility index (Phi) is 6.35. The maximum absolute atomic E-state index is 14.9. The van der Waals surface area contributed by atoms with Crippen LogP contribution in [0, 0.1) is 5.82 Å². The Labute approximate surface area is 198 Å². The standard InChI is InChI=1S/C24H17Cl2FN2O4/c1-33-23-16(9-14(25)10-17(23)26)21(30)19-20(15-6-2-3-7-18(15)27)29(24(32)22(19)31)12-13-5-4-8-28-11-13/h2-11,20,30H,12H2,1H3/b21-19+. The Morgan fingerprint density at radius 3 is 2.61 bits per heavy atom. The highest BCUT2D eigenvalue weighted by molar-refractivity contribution is 6.46. The van der Waals surface area contributed by atoms with E-state index < -0.39 is 29.3 Å². The molecule has 2 aromatic carbocycles. The summed E-state index contributed by atoms with van der Waals surface area (Å²) in [4.78, 5) is 31.4. The van der Waals surface area contributed by atoms with E-state index in [2.05, 4.69) is 4.98 Å². The van der Waals surface area contributed by atoms with E-state index >= 15 is 0 Å². The lowest BCUT2D eigenvalue weighted by Crippen LogP contribution is -2.29. The van der Waals surface area contributed by atoms with Gasteiger partial charge in [0.25, 0.3) is 11.7 Å². The molecule has 1 amide bonds. The fourth-order valence-corrected chi connectivity index (χ4v) is 4.41. The van der Waals surface area contributed by atoms with Gasteiger partial charge in [-0.15, -0.1) is 0 Å². The van der Waals surface area contributed by atoms with Crippen molar-refractivity contribution in [3.8, 4) is 5.75 Å². The molecular weight excluding hydrogens is 470 g/mol. The highest BCUT2D eigenvalue weighted by Gasteiger charge is 2.47. The second kappa shape index (κ2) is 9.21. The Bertz CT molecular complexity index is 1280. The van der Waals surface area contributed by atoms with Crippen LogP contribution < -0.4 is 4.74 Å². The number of hydrogen-bond donors (Lipinski definition) is 1. The third-order valence-electron chi connectivity index (χ3n) is 5.28. The van der Waals surface area contributed by atoms with Gasteiger partial charge in [0.15, 0.2) is 0 Å². The summed E-state index contributed by atoms with van der Waals surface area (Å²) in [7, 11) is 1.33. The molecule has 0 bridgehead atoms. The number of ether oxygens (including phenoxy) is 1. The molecule has 0 spiro atoms. The lowest BCUT2D eigenvalue weighted by atomic mass is 9.94. The van der Waals surface area contributed by atoms with Crippen LogP contribution in [0.1, 0.15) is 22.7 Å². The molecule has 6 nitrogen and oxygen atoms in total. The number of rotatable bonds is 5. The zero-order valence-corrected chi connectivity index (χ0v) is 18.8. The minimum atomic E-state index is -1.20. The average molecular weight is 487 g/mol. The molecule has 1 unspecified atom stereocenters. The smallest absolute Gasteiger partial charge is 0.295 e. The highest BCUT2D eigenvalue weighted by Crippen LogP contribution is 2.44. The predicted octanol–water partition coefficient (Wildman–Crippen LogP) is 5.16. The van der Waals surface area contributed by atoms with E-state index in [-0.39, 0.29) is 39.0 Å². The molecule has 9 heteroatoms. The molecule has 1 fully saturated rings. The average Bonchev–Trinajstić information content (AvgIpc) is 3.04. The topological polar surface area (TPSA) is 79.7 Å². The normalized spacial score (nSPS) is 17.5. The van der Waals surface area contributed by atoms with E-state index in [1.165, 1.54) is 48.5 Å². The second-order valence-electron chi connectivity index (χ2n) is 7.28. The Morgan fingerprint density at radius 2 is 1.94 bits per heavy atom. The van der Waals surface area contributed by atoms with Gasteiger partial charge in [0.1, 0.15) is 17.3 Å². The van der Waals surface area contributed by atoms with Crippen molar-refractivity contribution in [2.24, 2.45) is 0 Å². The van der Waals surface area contributed by atoms with Crippen LogP contribution in [0.15, 0.2) is 66.5 Å². The molecule has 1 N–H and O–H groups in total. The minimum absolute atomic E-state index is 0.00992. The maximum atomic E-state index is 14.9. The Hall–Kier alpha value is -3.42. The van der Waals surface area contributed by atoms with Crippen molar-refractivity contribution in [2.75, 3.05) is 7.11 Å². The van der Waals surface area contributed by atoms with E-state index in [1.807, 2.05) is 0 Å². The molecule has 2 heterocycles. The van der Waals surface area contributed by atoms with Gasteiger partial charge in [-0.1, -0.05) is 47.5 Å². The summed E-state index contributed by atoms with van der Waals surface area (Å²) in [6, 6.07) is 10.7. The van der Waals surface area contributed by atoms with Crippen LogP contribution >= 0.6 is 23.2 Å². The fourth-order valence-electron chi connectivity index (χ4n) is 3.84. The number of aliphatic hydroxyl groups excluding tert-OH is 1. The first-order valence-corrected chi connectivity index (χ1v) is 10.5. The van der Waals surface area contributed by atoms with Gasteiger partial charge in [-0.2, -0.15) is 0 Å². The van der Waals surface area contributed by atoms with Gasteiger partial charge >= 0.3 is 0 Å². The van der Waals surface area contributed by atoms with Gasteiger partial charge < -0.3 is 14.7 Å². The van der Waals surface area contributed by atoms with Gasteiger partial charge in [0.05, 0.1) is 29.3 Å². The molecule has 0 saturated carbocycles. The largest absolute Gasteiger partial charge is 0.507 e. The van der Waals surface area contributed by atoms with Crippen LogP contribution in [0.25, 0.3) is 5.76 Å². The molecule has 4 rings (SSSR count). The minimum Gasteiger partial charge on any atom is -0.507 e. The van der Waals surface area contributed by atoms with Crippen LogP contribution in [-0.4, -0.2) is 33.8 Å². The highest BCUT2D eigenvalue weighted by atomic mass is 35.5. The first kappa shape index (κ1) is 22.8. The number of Topliss-reactive ketones (excluding diaryl/α,β-unsaturated/α-hetero) is 1. The number of aliphatic hydroxyl groups is 1. The third kappa shape index (κ3) is 4.17. The third-order valence-corrected chi connectivity index (χ3v) is 5.78. The molecule has 0 radical (unpaired) electrons. The number of ketones is 1. The van der Waals surface area contributed by atoms with Gasteiger partial charge in [0, 0.05) is 29.5 Å². The molecule has 0 aliphatic carbocycles. The molecule has 1 atom stereocenters. The van der Waals surface area contributed by atoms with Crippen LogP contribution in [0.3, 0.4) is 0 Å². The number of nitrogens with zero attached hydrogens (tertiary/aromatic N) is 2. The van der Waals surface area contributed by atoms with Crippen molar-refractivity contribution in [2.45, 2.75) is 12.6 Å². The van der Waals surface area contributed by atoms with Crippen molar-refractivity contribution in [1.29, 1.82) is 0 Å². The Morgan fingerprint density at radius 1 is 1.18 bits per heavy atom. The Balaban J connectivity index is 1.95. The van der Waals surface area contributed by atoms with Crippen molar-refractivity contribution < 1.29 is 23.8 Å². The molecule has 1 aliphatic rings.